The summed E-state index contributed by atoms with van der Waals surface area (Å²) in [5.41, 5.74) is 0.961. The van der Waals surface area contributed by atoms with Crippen molar-refractivity contribution in [2.45, 2.75) is 39.2 Å². The minimum atomic E-state index is -0.190. The molecule has 140 valence electrons. The van der Waals surface area contributed by atoms with Crippen molar-refractivity contribution in [2.24, 2.45) is 0 Å². The van der Waals surface area contributed by atoms with Crippen LogP contribution in [0.1, 0.15) is 43.0 Å². The molecule has 2 amide bonds. The maximum absolute atomic E-state index is 12.3. The van der Waals surface area contributed by atoms with Crippen molar-refractivity contribution in [3.63, 3.8) is 0 Å². The summed E-state index contributed by atoms with van der Waals surface area (Å²) < 4.78 is 10.9. The molecule has 0 radical (unpaired) electrons. The molecule has 26 heavy (non-hydrogen) atoms. The average molecular weight is 379 g/mol. The third kappa shape index (κ3) is 4.66. The molecule has 0 bridgehead atoms. The lowest BCUT2D eigenvalue weighted by Gasteiger charge is -2.20. The predicted octanol–water partition coefficient (Wildman–Crippen LogP) is 3.52. The Kier molecular flexibility index (Phi) is 5.98. The molecule has 1 aromatic heterocycles. The zero-order valence-electron chi connectivity index (χ0n) is 15.0. The number of carbonyl (C=O) groups excluding carboxylic acids is 1. The van der Waals surface area contributed by atoms with Crippen LogP contribution in [-0.2, 0) is 6.54 Å². The fourth-order valence-corrected chi connectivity index (χ4v) is 2.82. The van der Waals surface area contributed by atoms with E-state index in [0.717, 1.165) is 18.4 Å². The molecular formula is C18H23ClN4O3. The van der Waals surface area contributed by atoms with Crippen LogP contribution < -0.4 is 10.1 Å². The number of aryl methyl sites for hydroxylation is 1. The fourth-order valence-electron chi connectivity index (χ4n) is 2.55. The van der Waals surface area contributed by atoms with Crippen LogP contribution in [0, 0.1) is 6.92 Å². The summed E-state index contributed by atoms with van der Waals surface area (Å²) in [6.07, 6.45) is 2.20. The minimum Gasteiger partial charge on any atom is -0.490 e. The second-order valence-corrected chi connectivity index (χ2v) is 6.71. The molecule has 0 saturated heterocycles. The van der Waals surface area contributed by atoms with Crippen molar-refractivity contribution in [2.75, 3.05) is 19.7 Å². The van der Waals surface area contributed by atoms with Gasteiger partial charge in [-0.3, -0.25) is 0 Å². The van der Waals surface area contributed by atoms with Gasteiger partial charge in [0.05, 0.1) is 18.1 Å². The van der Waals surface area contributed by atoms with E-state index in [1.807, 2.05) is 26.0 Å². The first kappa shape index (κ1) is 18.5. The summed E-state index contributed by atoms with van der Waals surface area (Å²) in [6, 6.07) is 5.39. The molecule has 1 N–H and O–H groups in total. The minimum absolute atomic E-state index is 0.190. The largest absolute Gasteiger partial charge is 0.490 e. The van der Waals surface area contributed by atoms with Crippen LogP contribution in [0.5, 0.6) is 5.75 Å². The molecule has 1 saturated carbocycles. The second-order valence-electron chi connectivity index (χ2n) is 6.30. The number of hydrogen-bond acceptors (Lipinski definition) is 5. The van der Waals surface area contributed by atoms with Crippen molar-refractivity contribution in [3.05, 3.63) is 40.5 Å². The van der Waals surface area contributed by atoms with Gasteiger partial charge < -0.3 is 19.5 Å². The van der Waals surface area contributed by atoms with Crippen molar-refractivity contribution >= 4 is 17.6 Å². The predicted molar refractivity (Wildman–Crippen MR) is 97.4 cm³/mol. The van der Waals surface area contributed by atoms with Crippen molar-refractivity contribution in [1.29, 1.82) is 0 Å². The summed E-state index contributed by atoms with van der Waals surface area (Å²) in [6.45, 7) is 5.42. The van der Waals surface area contributed by atoms with E-state index in [4.69, 9.17) is 20.9 Å². The van der Waals surface area contributed by atoms with Crippen LogP contribution in [0.4, 0.5) is 4.79 Å². The van der Waals surface area contributed by atoms with Crippen LogP contribution in [-0.4, -0.2) is 40.8 Å². The Morgan fingerprint density at radius 2 is 2.27 bits per heavy atom. The smallest absolute Gasteiger partial charge is 0.317 e. The topological polar surface area (TPSA) is 80.5 Å². The number of aromatic nitrogens is 2. The average Bonchev–Trinajstić information content (AvgIpc) is 3.37. The van der Waals surface area contributed by atoms with Gasteiger partial charge in [0.1, 0.15) is 12.4 Å². The summed E-state index contributed by atoms with van der Waals surface area (Å²) in [7, 11) is 0. The first-order valence-corrected chi connectivity index (χ1v) is 9.19. The Hall–Kier alpha value is -2.28. The van der Waals surface area contributed by atoms with Crippen LogP contribution in [0.2, 0.25) is 5.02 Å². The highest BCUT2D eigenvalue weighted by Crippen LogP contribution is 2.38. The number of nitrogens with one attached hydrogen (secondary N) is 1. The lowest BCUT2D eigenvalue weighted by atomic mass is 10.2. The molecule has 1 aromatic carbocycles. The first-order chi connectivity index (χ1) is 12.6. The van der Waals surface area contributed by atoms with Gasteiger partial charge in [0, 0.05) is 12.5 Å². The second kappa shape index (κ2) is 8.40. The lowest BCUT2D eigenvalue weighted by Crippen LogP contribution is -2.41. The number of benzene rings is 1. The van der Waals surface area contributed by atoms with Gasteiger partial charge in [-0.25, -0.2) is 4.79 Å². The third-order valence-electron chi connectivity index (χ3n) is 4.20. The summed E-state index contributed by atoms with van der Waals surface area (Å²) in [5.74, 6) is 2.27. The van der Waals surface area contributed by atoms with Crippen molar-refractivity contribution in [3.8, 4) is 5.75 Å². The molecule has 0 aliphatic heterocycles. The van der Waals surface area contributed by atoms with Gasteiger partial charge in [-0.2, -0.15) is 4.98 Å². The number of amides is 2. The lowest BCUT2D eigenvalue weighted by molar-refractivity contribution is 0.193. The van der Waals surface area contributed by atoms with Gasteiger partial charge in [-0.1, -0.05) is 28.9 Å². The van der Waals surface area contributed by atoms with Gasteiger partial charge in [-0.05, 0) is 38.3 Å². The molecule has 1 aliphatic carbocycles. The van der Waals surface area contributed by atoms with Crippen molar-refractivity contribution in [1.82, 2.24) is 20.4 Å². The number of nitrogens with zero attached hydrogens (tertiary/aromatic N) is 3. The van der Waals surface area contributed by atoms with E-state index in [1.165, 1.54) is 0 Å². The number of ether oxygens (including phenoxy) is 1. The molecule has 0 unspecified atom stereocenters. The van der Waals surface area contributed by atoms with Gasteiger partial charge in [-0.15, -0.1) is 0 Å². The molecule has 3 rings (SSSR count). The molecule has 0 spiro atoms. The van der Waals surface area contributed by atoms with Gasteiger partial charge in [0.15, 0.2) is 5.82 Å². The molecular weight excluding hydrogens is 356 g/mol. The number of urea groups is 1. The van der Waals surface area contributed by atoms with E-state index in [2.05, 4.69) is 15.5 Å². The SMILES string of the molecule is CCN(Cc1noc(C2CC2)n1)C(=O)NCCOc1c(C)cccc1Cl. The highest BCUT2D eigenvalue weighted by molar-refractivity contribution is 6.32. The number of hydrogen-bond donors (Lipinski definition) is 1. The Labute approximate surface area is 157 Å². The normalized spacial score (nSPS) is 13.5. The molecule has 0 atom stereocenters. The highest BCUT2D eigenvalue weighted by Gasteiger charge is 2.30. The molecule has 1 aliphatic rings. The Morgan fingerprint density at radius 3 is 2.96 bits per heavy atom. The summed E-state index contributed by atoms with van der Waals surface area (Å²) in [4.78, 5) is 18.3. The van der Waals surface area contributed by atoms with E-state index in [1.54, 1.807) is 11.0 Å². The Morgan fingerprint density at radius 1 is 1.46 bits per heavy atom. The Bertz CT molecular complexity index is 740. The van der Waals surface area contributed by atoms with Gasteiger partial charge in [0.2, 0.25) is 5.89 Å². The monoisotopic (exact) mass is 378 g/mol. The number of para-hydroxylation sites is 1. The first-order valence-electron chi connectivity index (χ1n) is 8.81. The van der Waals surface area contributed by atoms with Crippen LogP contribution in [0.25, 0.3) is 0 Å². The van der Waals surface area contributed by atoms with E-state index >= 15 is 0 Å². The van der Waals surface area contributed by atoms with Crippen LogP contribution >= 0.6 is 11.6 Å². The molecule has 8 heteroatoms. The highest BCUT2D eigenvalue weighted by atomic mass is 35.5. The number of rotatable bonds is 8. The van der Waals surface area contributed by atoms with E-state index in [-0.39, 0.29) is 6.03 Å². The molecule has 2 aromatic rings. The number of halogens is 1. The van der Waals surface area contributed by atoms with E-state index in [9.17, 15) is 4.79 Å². The standard InChI is InChI=1S/C18H23ClN4O3/c1-3-23(11-15-21-17(26-22-15)13-7-8-13)18(24)20-9-10-25-16-12(2)5-4-6-14(16)19/h4-6,13H,3,7-11H2,1-2H3,(H,20,24). The van der Waals surface area contributed by atoms with Crippen LogP contribution in [0.3, 0.4) is 0 Å². The van der Waals surface area contributed by atoms with E-state index < -0.39 is 0 Å². The fraction of sp³-hybridized carbons (Fsp3) is 0.500. The van der Waals surface area contributed by atoms with E-state index in [0.29, 0.717) is 54.6 Å². The maximum atomic E-state index is 12.3. The number of carbonyl (C=O) groups is 1. The van der Waals surface area contributed by atoms with Gasteiger partial charge in [0.25, 0.3) is 0 Å². The van der Waals surface area contributed by atoms with Gasteiger partial charge >= 0.3 is 6.03 Å². The third-order valence-corrected chi connectivity index (χ3v) is 4.50. The quantitative estimate of drug-likeness (QED) is 0.711. The molecule has 1 fully saturated rings. The summed E-state index contributed by atoms with van der Waals surface area (Å²) in [5, 5.41) is 7.36. The molecule has 1 heterocycles. The van der Waals surface area contributed by atoms with Crippen molar-refractivity contribution < 1.29 is 14.1 Å². The van der Waals surface area contributed by atoms with Crippen LogP contribution in [0.15, 0.2) is 22.7 Å². The molecule has 7 nitrogen and oxygen atoms in total. The zero-order chi connectivity index (χ0) is 18.5. The summed E-state index contributed by atoms with van der Waals surface area (Å²) >= 11 is 6.12. The Balaban J connectivity index is 1.45. The zero-order valence-corrected chi connectivity index (χ0v) is 15.8. The maximum Gasteiger partial charge on any atom is 0.317 e.